The first kappa shape index (κ1) is 11.2. The molecule has 0 fully saturated rings. The van der Waals surface area contributed by atoms with E-state index in [1.807, 2.05) is 48.7 Å². The van der Waals surface area contributed by atoms with Crippen molar-refractivity contribution in [2.75, 3.05) is 5.23 Å². The number of benzene rings is 2. The van der Waals surface area contributed by atoms with Gasteiger partial charge in [0, 0.05) is 17.4 Å². The number of anilines is 1. The Kier molecular flexibility index (Phi) is 2.33. The van der Waals surface area contributed by atoms with Crippen LogP contribution in [0.1, 0.15) is 10.4 Å². The first-order valence-corrected chi connectivity index (χ1v) is 6.55. The van der Waals surface area contributed by atoms with Crippen LogP contribution < -0.4 is 15.9 Å². The number of hydrogen-bond donors (Lipinski definition) is 3. The van der Waals surface area contributed by atoms with Gasteiger partial charge in [-0.1, -0.05) is 24.3 Å². The lowest BCUT2D eigenvalue weighted by molar-refractivity contribution is 0.0979. The second kappa shape index (κ2) is 4.16. The number of carbonyl (C=O) groups is 1. The topological polar surface area (TPSA) is 56.9 Å². The van der Waals surface area contributed by atoms with Gasteiger partial charge in [-0.25, -0.2) is 0 Å². The fourth-order valence-electron chi connectivity index (χ4n) is 2.63. The summed E-state index contributed by atoms with van der Waals surface area (Å²) in [5.74, 6) is -0.0430. The number of carbonyl (C=O) groups excluding carboxylic acids is 1. The van der Waals surface area contributed by atoms with Crippen molar-refractivity contribution >= 4 is 34.9 Å². The summed E-state index contributed by atoms with van der Waals surface area (Å²) in [5, 5.41) is 7.48. The molecule has 3 N–H and O–H groups in total. The lowest BCUT2D eigenvalue weighted by Crippen LogP contribution is -2.56. The monoisotopic (exact) mass is 261 g/mol. The van der Waals surface area contributed by atoms with Crippen LogP contribution >= 0.6 is 0 Å². The quantitative estimate of drug-likeness (QED) is 0.584. The van der Waals surface area contributed by atoms with E-state index < -0.39 is 0 Å². The van der Waals surface area contributed by atoms with Gasteiger partial charge in [-0.3, -0.25) is 4.79 Å². The van der Waals surface area contributed by atoms with Crippen molar-refractivity contribution in [3.63, 3.8) is 0 Å². The Balaban J connectivity index is 1.75. The first-order valence-electron chi connectivity index (χ1n) is 6.55. The molecule has 1 aliphatic rings. The van der Waals surface area contributed by atoms with Gasteiger partial charge in [0.05, 0.1) is 5.56 Å². The Morgan fingerprint density at radius 2 is 1.85 bits per heavy atom. The fraction of sp³-hybridized carbons (Fsp3) is 0. The van der Waals surface area contributed by atoms with Crippen LogP contribution in [0.15, 0.2) is 54.7 Å². The van der Waals surface area contributed by atoms with Crippen molar-refractivity contribution in [2.45, 2.75) is 0 Å². The number of nitrogens with one attached hydrogen (secondary N) is 3. The smallest absolute Gasteiger partial charge is 0.405 e. The first-order chi connectivity index (χ1) is 9.81. The molecule has 1 amide bonds. The van der Waals surface area contributed by atoms with E-state index in [0.29, 0.717) is 5.56 Å². The molecule has 20 heavy (non-hydrogen) atoms. The minimum absolute atomic E-state index is 0.0430. The van der Waals surface area contributed by atoms with Crippen LogP contribution in [0.5, 0.6) is 0 Å². The molecule has 0 radical (unpaired) electrons. The van der Waals surface area contributed by atoms with Crippen molar-refractivity contribution in [1.29, 1.82) is 0 Å². The molecule has 3 aromatic rings. The van der Waals surface area contributed by atoms with E-state index in [9.17, 15) is 4.79 Å². The predicted molar refractivity (Wildman–Crippen MR) is 81.2 cm³/mol. The lowest BCUT2D eigenvalue weighted by Gasteiger charge is -2.24. The zero-order valence-electron chi connectivity index (χ0n) is 10.7. The minimum Gasteiger partial charge on any atom is -0.405 e. The zero-order chi connectivity index (χ0) is 13.5. The summed E-state index contributed by atoms with van der Waals surface area (Å²) in [5.41, 5.74) is 3.69. The molecule has 4 rings (SSSR count). The largest absolute Gasteiger partial charge is 0.408 e. The van der Waals surface area contributed by atoms with Gasteiger partial charge in [-0.2, -0.15) is 0 Å². The Labute approximate surface area is 116 Å². The molecule has 0 saturated heterocycles. The van der Waals surface area contributed by atoms with E-state index in [1.54, 1.807) is 0 Å². The van der Waals surface area contributed by atoms with Crippen LogP contribution in [-0.2, 0) is 0 Å². The molecule has 1 aromatic heterocycles. The number of aromatic amines is 1. The summed E-state index contributed by atoms with van der Waals surface area (Å²) in [6, 6.07) is 15.7. The lowest BCUT2D eigenvalue weighted by atomic mass is 9.66. The zero-order valence-corrected chi connectivity index (χ0v) is 10.7. The third kappa shape index (κ3) is 1.67. The highest BCUT2D eigenvalue weighted by molar-refractivity contribution is 6.77. The van der Waals surface area contributed by atoms with Gasteiger partial charge in [0.15, 0.2) is 0 Å². The number of amides is 1. The molecule has 0 atom stereocenters. The van der Waals surface area contributed by atoms with Gasteiger partial charge in [-0.05, 0) is 35.1 Å². The maximum absolute atomic E-state index is 12.1. The van der Waals surface area contributed by atoms with Crippen LogP contribution in [-0.4, -0.2) is 17.9 Å². The molecule has 2 heterocycles. The Hall–Kier alpha value is -2.69. The second-order valence-corrected chi connectivity index (χ2v) is 4.92. The summed E-state index contributed by atoms with van der Waals surface area (Å²) in [7, 11) is 0. The van der Waals surface area contributed by atoms with Crippen LogP contribution in [0.2, 0.25) is 0 Å². The van der Waals surface area contributed by atoms with Crippen LogP contribution in [0, 0.1) is 0 Å². The van der Waals surface area contributed by atoms with Gasteiger partial charge in [-0.15, -0.1) is 0 Å². The van der Waals surface area contributed by atoms with E-state index in [1.165, 1.54) is 0 Å². The van der Waals surface area contributed by atoms with Gasteiger partial charge >= 0.3 is 6.98 Å². The molecule has 0 unspecified atom stereocenters. The van der Waals surface area contributed by atoms with Crippen molar-refractivity contribution in [3.8, 4) is 0 Å². The van der Waals surface area contributed by atoms with Crippen molar-refractivity contribution in [1.82, 2.24) is 10.2 Å². The summed E-state index contributed by atoms with van der Waals surface area (Å²) in [6.45, 7) is -0.198. The van der Waals surface area contributed by atoms with Gasteiger partial charge < -0.3 is 15.4 Å². The van der Waals surface area contributed by atoms with E-state index in [0.717, 1.165) is 22.1 Å². The molecule has 96 valence electrons. The molecule has 1 aliphatic heterocycles. The van der Waals surface area contributed by atoms with Crippen molar-refractivity contribution < 1.29 is 4.79 Å². The number of aromatic nitrogens is 1. The van der Waals surface area contributed by atoms with Gasteiger partial charge in [0.2, 0.25) is 5.91 Å². The maximum atomic E-state index is 12.1. The van der Waals surface area contributed by atoms with Gasteiger partial charge in [0.1, 0.15) is 0 Å². The summed E-state index contributed by atoms with van der Waals surface area (Å²) in [4.78, 5) is 15.3. The van der Waals surface area contributed by atoms with E-state index in [2.05, 4.69) is 21.5 Å². The molecule has 2 aromatic carbocycles. The summed E-state index contributed by atoms with van der Waals surface area (Å²) < 4.78 is 0. The fourth-order valence-corrected chi connectivity index (χ4v) is 2.63. The van der Waals surface area contributed by atoms with E-state index >= 15 is 0 Å². The third-order valence-corrected chi connectivity index (χ3v) is 3.66. The molecular weight excluding hydrogens is 249 g/mol. The molecule has 5 heteroatoms. The SMILES string of the molecule is O=C1NB(c2ccc3[nH]ccc3c2)Nc2ccccc21. The summed E-state index contributed by atoms with van der Waals surface area (Å²) in [6.07, 6.45) is 1.91. The molecule has 0 spiro atoms. The Morgan fingerprint density at radius 1 is 0.950 bits per heavy atom. The standard InChI is InChI=1S/C15H12BN3O/c20-15-12-3-1-2-4-14(12)18-16(19-15)11-5-6-13-10(9-11)7-8-17-13/h1-9,17-18H,(H,19,20). The van der Waals surface area contributed by atoms with Crippen molar-refractivity contribution in [2.24, 2.45) is 0 Å². The highest BCUT2D eigenvalue weighted by atomic mass is 16.1. The van der Waals surface area contributed by atoms with E-state index in [4.69, 9.17) is 0 Å². The highest BCUT2D eigenvalue weighted by Crippen LogP contribution is 2.19. The highest BCUT2D eigenvalue weighted by Gasteiger charge is 2.28. The molecule has 0 saturated carbocycles. The molecule has 4 nitrogen and oxygen atoms in total. The van der Waals surface area contributed by atoms with E-state index in [-0.39, 0.29) is 12.9 Å². The predicted octanol–water partition coefficient (Wildman–Crippen LogP) is 1.72. The minimum atomic E-state index is -0.198. The van der Waals surface area contributed by atoms with Crippen LogP contribution in [0.3, 0.4) is 0 Å². The summed E-state index contributed by atoms with van der Waals surface area (Å²) >= 11 is 0. The van der Waals surface area contributed by atoms with Crippen molar-refractivity contribution in [3.05, 3.63) is 60.3 Å². The van der Waals surface area contributed by atoms with Gasteiger partial charge in [0.25, 0.3) is 0 Å². The van der Waals surface area contributed by atoms with Crippen LogP contribution in [0.25, 0.3) is 10.9 Å². The molecule has 0 bridgehead atoms. The average molecular weight is 261 g/mol. The molecule has 0 aliphatic carbocycles. The molecular formula is C15H12BN3O. The number of rotatable bonds is 1. The number of fused-ring (bicyclic) bond motifs is 2. The second-order valence-electron chi connectivity index (χ2n) is 4.92. The maximum Gasteiger partial charge on any atom is 0.408 e. The number of H-pyrrole nitrogens is 1. The normalized spacial score (nSPS) is 13.8. The third-order valence-electron chi connectivity index (χ3n) is 3.66. The van der Waals surface area contributed by atoms with Crippen LogP contribution in [0.4, 0.5) is 5.69 Å². The Bertz CT molecular complexity index is 811. The average Bonchev–Trinajstić information content (AvgIpc) is 2.94. The number of hydrogen-bond acceptors (Lipinski definition) is 2. The number of para-hydroxylation sites is 1. The Morgan fingerprint density at radius 3 is 2.80 bits per heavy atom.